The second-order valence-corrected chi connectivity index (χ2v) is 9.88. The zero-order valence-corrected chi connectivity index (χ0v) is 22.3. The number of nitrogens with zero attached hydrogens (tertiary/aromatic N) is 3. The fourth-order valence-corrected chi connectivity index (χ4v) is 4.13. The molecule has 1 amide bonds. The SMILES string of the molecule is COc1cc(C(=O)NCC(O)(c2cc(C(C)(C)O)c(F)c(-c3ccc(F)cc3)n2)C(F)F)cc2cc(C(F)F)nnc12. The molecule has 0 radical (unpaired) electrons. The van der Waals surface area contributed by atoms with Crippen LogP contribution in [0.3, 0.4) is 0 Å². The summed E-state index contributed by atoms with van der Waals surface area (Å²) < 4.78 is 89.2. The highest BCUT2D eigenvalue weighted by atomic mass is 19.3. The Morgan fingerprint density at radius 1 is 1.00 bits per heavy atom. The summed E-state index contributed by atoms with van der Waals surface area (Å²) in [4.78, 5) is 16.9. The van der Waals surface area contributed by atoms with Crippen molar-refractivity contribution < 1.29 is 46.1 Å². The molecular formula is C28H24F6N4O4. The van der Waals surface area contributed by atoms with Crippen LogP contribution in [0.15, 0.2) is 48.5 Å². The van der Waals surface area contributed by atoms with E-state index in [1.807, 2.05) is 0 Å². The fourth-order valence-electron chi connectivity index (χ4n) is 4.13. The van der Waals surface area contributed by atoms with Gasteiger partial charge >= 0.3 is 0 Å². The van der Waals surface area contributed by atoms with Gasteiger partial charge in [0.1, 0.15) is 28.5 Å². The van der Waals surface area contributed by atoms with Gasteiger partial charge in [-0.25, -0.2) is 31.3 Å². The van der Waals surface area contributed by atoms with Crippen molar-refractivity contribution in [2.45, 2.75) is 37.9 Å². The number of aromatic nitrogens is 3. The first kappa shape index (κ1) is 30.7. The number of benzene rings is 2. The number of halogens is 6. The standard InChI is InChI=1S/C28H24F6N4O4/c1-27(2,40)17-11-20(36-23(21(17)30)13-4-6-16(29)7-5-13)28(41,26(33)34)12-35-25(39)15-8-14-9-18(24(31)32)37-38-22(14)19(10-15)42-3/h4-11,24,26,40-41H,12H2,1-3H3,(H,35,39). The van der Waals surface area contributed by atoms with Crippen molar-refractivity contribution in [3.8, 4) is 17.0 Å². The molecule has 222 valence electrons. The Kier molecular flexibility index (Phi) is 8.41. The summed E-state index contributed by atoms with van der Waals surface area (Å²) in [5.74, 6) is -2.78. The minimum absolute atomic E-state index is 0.0194. The third-order valence-corrected chi connectivity index (χ3v) is 6.44. The summed E-state index contributed by atoms with van der Waals surface area (Å²) in [6.45, 7) is 1.22. The molecule has 0 aliphatic heterocycles. The summed E-state index contributed by atoms with van der Waals surface area (Å²) in [6, 6.07) is 8.32. The number of ether oxygens (including phenoxy) is 1. The number of carbonyl (C=O) groups excluding carboxylic acids is 1. The molecule has 0 aliphatic rings. The van der Waals surface area contributed by atoms with Crippen molar-refractivity contribution in [2.24, 2.45) is 0 Å². The van der Waals surface area contributed by atoms with Gasteiger partial charge in [-0.05, 0) is 62.4 Å². The van der Waals surface area contributed by atoms with Crippen LogP contribution in [0, 0.1) is 11.6 Å². The van der Waals surface area contributed by atoms with E-state index in [4.69, 9.17) is 4.74 Å². The quantitative estimate of drug-likeness (QED) is 0.233. The van der Waals surface area contributed by atoms with Crippen molar-refractivity contribution in [1.29, 1.82) is 0 Å². The maximum atomic E-state index is 15.4. The van der Waals surface area contributed by atoms with Crippen molar-refractivity contribution in [1.82, 2.24) is 20.5 Å². The van der Waals surface area contributed by atoms with Crippen LogP contribution in [-0.4, -0.2) is 51.4 Å². The molecule has 0 spiro atoms. The fraction of sp³-hybridized carbons (Fsp3) is 0.286. The molecule has 1 atom stereocenters. The van der Waals surface area contributed by atoms with Crippen LogP contribution in [0.1, 0.15) is 47.6 Å². The number of aliphatic hydroxyl groups is 2. The van der Waals surface area contributed by atoms with Crippen LogP contribution in [-0.2, 0) is 11.2 Å². The zero-order valence-electron chi connectivity index (χ0n) is 22.3. The number of amides is 1. The number of carbonyl (C=O) groups is 1. The Morgan fingerprint density at radius 2 is 1.67 bits per heavy atom. The number of rotatable bonds is 9. The molecule has 8 nitrogen and oxygen atoms in total. The van der Waals surface area contributed by atoms with Crippen molar-refractivity contribution in [2.75, 3.05) is 13.7 Å². The molecule has 0 saturated carbocycles. The Hall–Kier alpha value is -4.30. The first-order valence-electron chi connectivity index (χ1n) is 12.3. The summed E-state index contributed by atoms with van der Waals surface area (Å²) >= 11 is 0. The maximum Gasteiger partial charge on any atom is 0.282 e. The lowest BCUT2D eigenvalue weighted by Crippen LogP contribution is -2.47. The van der Waals surface area contributed by atoms with Gasteiger partial charge in [-0.2, -0.15) is 0 Å². The first-order chi connectivity index (χ1) is 19.6. The van der Waals surface area contributed by atoms with E-state index in [0.717, 1.165) is 42.5 Å². The molecule has 3 N–H and O–H groups in total. The maximum absolute atomic E-state index is 15.4. The summed E-state index contributed by atoms with van der Waals surface area (Å²) in [6.07, 6.45) is -6.54. The summed E-state index contributed by atoms with van der Waals surface area (Å²) in [7, 11) is 1.23. The molecule has 0 saturated heterocycles. The van der Waals surface area contributed by atoms with Gasteiger partial charge in [-0.1, -0.05) is 0 Å². The normalized spacial score (nSPS) is 13.5. The minimum atomic E-state index is -3.58. The number of hydrogen-bond donors (Lipinski definition) is 3. The molecule has 2 aromatic carbocycles. The van der Waals surface area contributed by atoms with E-state index in [1.54, 1.807) is 0 Å². The van der Waals surface area contributed by atoms with Gasteiger partial charge < -0.3 is 20.3 Å². The van der Waals surface area contributed by atoms with Gasteiger partial charge in [0.2, 0.25) is 0 Å². The summed E-state index contributed by atoms with van der Waals surface area (Å²) in [5.41, 5.74) is -7.81. The molecular weight excluding hydrogens is 570 g/mol. The molecule has 2 aromatic heterocycles. The Morgan fingerprint density at radius 3 is 2.24 bits per heavy atom. The number of alkyl halides is 4. The monoisotopic (exact) mass is 594 g/mol. The summed E-state index contributed by atoms with van der Waals surface area (Å²) in [5, 5.41) is 30.9. The van der Waals surface area contributed by atoms with Crippen LogP contribution >= 0.6 is 0 Å². The average Bonchev–Trinajstić information content (AvgIpc) is 2.94. The van der Waals surface area contributed by atoms with Crippen LogP contribution in [0.5, 0.6) is 5.75 Å². The third-order valence-electron chi connectivity index (χ3n) is 6.44. The smallest absolute Gasteiger partial charge is 0.282 e. The molecule has 2 heterocycles. The first-order valence-corrected chi connectivity index (χ1v) is 12.3. The van der Waals surface area contributed by atoms with Gasteiger partial charge in [0.25, 0.3) is 18.8 Å². The van der Waals surface area contributed by atoms with Gasteiger partial charge in [-0.3, -0.25) is 4.79 Å². The van der Waals surface area contributed by atoms with Crippen LogP contribution in [0.4, 0.5) is 26.3 Å². The second-order valence-electron chi connectivity index (χ2n) is 9.88. The van der Waals surface area contributed by atoms with Crippen molar-refractivity contribution in [3.05, 3.63) is 82.7 Å². The lowest BCUT2D eigenvalue weighted by atomic mass is 9.90. The highest BCUT2D eigenvalue weighted by molar-refractivity contribution is 5.99. The molecule has 4 rings (SSSR count). The van der Waals surface area contributed by atoms with Crippen LogP contribution in [0.25, 0.3) is 22.2 Å². The second kappa shape index (κ2) is 11.5. The number of pyridine rings is 1. The predicted octanol–water partition coefficient (Wildman–Crippen LogP) is 5.03. The van der Waals surface area contributed by atoms with Crippen molar-refractivity contribution in [3.63, 3.8) is 0 Å². The number of fused-ring (bicyclic) bond motifs is 1. The molecule has 0 bridgehead atoms. The Bertz CT molecular complexity index is 1630. The third kappa shape index (κ3) is 5.99. The number of methoxy groups -OCH3 is 1. The molecule has 0 fully saturated rings. The Balaban J connectivity index is 1.74. The van der Waals surface area contributed by atoms with Gasteiger partial charge in [0, 0.05) is 22.1 Å². The topological polar surface area (TPSA) is 117 Å². The van der Waals surface area contributed by atoms with E-state index >= 15 is 4.39 Å². The van der Waals surface area contributed by atoms with E-state index in [1.165, 1.54) is 27.0 Å². The largest absolute Gasteiger partial charge is 0.494 e. The lowest BCUT2D eigenvalue weighted by molar-refractivity contribution is -0.101. The van der Waals surface area contributed by atoms with Gasteiger partial charge in [0.15, 0.2) is 11.4 Å². The molecule has 0 aliphatic carbocycles. The number of hydrogen-bond acceptors (Lipinski definition) is 7. The predicted molar refractivity (Wildman–Crippen MR) is 138 cm³/mol. The zero-order chi connectivity index (χ0) is 31.0. The lowest BCUT2D eigenvalue weighted by Gasteiger charge is -2.30. The van der Waals surface area contributed by atoms with E-state index in [-0.39, 0.29) is 27.8 Å². The van der Waals surface area contributed by atoms with Crippen LogP contribution < -0.4 is 10.1 Å². The highest BCUT2D eigenvalue weighted by Crippen LogP contribution is 2.36. The van der Waals surface area contributed by atoms with Crippen LogP contribution in [0.2, 0.25) is 0 Å². The van der Waals surface area contributed by atoms with E-state index in [9.17, 15) is 37.0 Å². The molecule has 4 aromatic rings. The van der Waals surface area contributed by atoms with Crippen molar-refractivity contribution >= 4 is 16.8 Å². The van der Waals surface area contributed by atoms with Gasteiger partial charge in [0.05, 0.1) is 24.9 Å². The molecule has 1 unspecified atom stereocenters. The van der Waals surface area contributed by atoms with Gasteiger partial charge in [-0.15, -0.1) is 10.2 Å². The molecule has 14 heteroatoms. The average molecular weight is 595 g/mol. The van der Waals surface area contributed by atoms with E-state index < -0.39 is 70.8 Å². The number of nitrogens with one attached hydrogen (secondary N) is 1. The minimum Gasteiger partial charge on any atom is -0.494 e. The van der Waals surface area contributed by atoms with E-state index in [0.29, 0.717) is 0 Å². The van der Waals surface area contributed by atoms with E-state index in [2.05, 4.69) is 20.5 Å². The molecule has 42 heavy (non-hydrogen) atoms. The highest BCUT2D eigenvalue weighted by Gasteiger charge is 2.43. The Labute approximate surface area is 235 Å².